The standard InChI is InChI=1S/C28H32N2O5/c1-15(2)25(26(31)29-24-13-16-11-17(27(32)33)12-22(16)24)30-28(34)35-14-23-20-9-5-3-7-18(20)19-8-4-6-10-21(19)23/h3-10,15-17,22-25H,11-14H2,1-2H3,(H,29,31)(H,30,34)(H,32,33)/t16-,17?,22-,24+,25+/m0/s1. The van der Waals surface area contributed by atoms with E-state index in [1.54, 1.807) is 0 Å². The molecule has 184 valence electrons. The molecule has 1 unspecified atom stereocenters. The third kappa shape index (κ3) is 4.40. The van der Waals surface area contributed by atoms with Crippen LogP contribution in [0.3, 0.4) is 0 Å². The van der Waals surface area contributed by atoms with Gasteiger partial charge >= 0.3 is 12.1 Å². The largest absolute Gasteiger partial charge is 0.481 e. The van der Waals surface area contributed by atoms with Gasteiger partial charge in [-0.05, 0) is 59.3 Å². The highest BCUT2D eigenvalue weighted by Gasteiger charge is 2.50. The summed E-state index contributed by atoms with van der Waals surface area (Å²) in [5.74, 6) is -0.891. The van der Waals surface area contributed by atoms with Gasteiger partial charge in [-0.25, -0.2) is 4.79 Å². The van der Waals surface area contributed by atoms with Crippen LogP contribution in [0.1, 0.15) is 50.2 Å². The number of carbonyl (C=O) groups is 3. The van der Waals surface area contributed by atoms with Gasteiger partial charge in [0.05, 0.1) is 5.92 Å². The van der Waals surface area contributed by atoms with Gasteiger partial charge in [-0.15, -0.1) is 0 Å². The number of hydrogen-bond donors (Lipinski definition) is 3. The molecule has 2 aromatic rings. The minimum absolute atomic E-state index is 0.0255. The predicted molar refractivity (Wildman–Crippen MR) is 131 cm³/mol. The van der Waals surface area contributed by atoms with E-state index in [0.29, 0.717) is 18.8 Å². The molecule has 5 atom stereocenters. The van der Waals surface area contributed by atoms with Crippen molar-refractivity contribution in [3.8, 4) is 11.1 Å². The number of rotatable bonds is 7. The van der Waals surface area contributed by atoms with Gasteiger partial charge in [0.15, 0.2) is 0 Å². The number of nitrogens with one attached hydrogen (secondary N) is 2. The SMILES string of the molecule is CC(C)[C@@H](NC(=O)OCC1c2ccccc2-c2ccccc21)C(=O)N[C@@H]1C[C@@H]2CC(C(=O)O)C[C@@H]21. The summed E-state index contributed by atoms with van der Waals surface area (Å²) in [5.41, 5.74) is 4.59. The lowest BCUT2D eigenvalue weighted by molar-refractivity contribution is -0.141. The molecule has 7 heteroatoms. The van der Waals surface area contributed by atoms with E-state index < -0.39 is 18.1 Å². The summed E-state index contributed by atoms with van der Waals surface area (Å²) in [5, 5.41) is 15.1. The second kappa shape index (κ2) is 9.36. The highest BCUT2D eigenvalue weighted by molar-refractivity contribution is 5.86. The van der Waals surface area contributed by atoms with Crippen molar-refractivity contribution in [1.29, 1.82) is 0 Å². The van der Waals surface area contributed by atoms with Crippen LogP contribution in [-0.2, 0) is 14.3 Å². The summed E-state index contributed by atoms with van der Waals surface area (Å²) >= 11 is 0. The molecule has 0 spiro atoms. The fourth-order valence-corrected chi connectivity index (χ4v) is 6.17. The molecular formula is C28H32N2O5. The van der Waals surface area contributed by atoms with Crippen LogP contribution in [0.4, 0.5) is 4.79 Å². The molecule has 7 nitrogen and oxygen atoms in total. The van der Waals surface area contributed by atoms with Crippen LogP contribution in [0.25, 0.3) is 11.1 Å². The Labute approximate surface area is 205 Å². The quantitative estimate of drug-likeness (QED) is 0.557. The number of carboxylic acid groups (broad SMARTS) is 1. The molecule has 0 heterocycles. The summed E-state index contributed by atoms with van der Waals surface area (Å²) < 4.78 is 5.63. The van der Waals surface area contributed by atoms with Gasteiger partial charge < -0.3 is 20.5 Å². The lowest BCUT2D eigenvalue weighted by Gasteiger charge is -2.41. The molecule has 35 heavy (non-hydrogen) atoms. The molecule has 3 aliphatic rings. The number of amides is 2. The summed E-state index contributed by atoms with van der Waals surface area (Å²) in [6.07, 6.45) is 1.49. The Morgan fingerprint density at radius 2 is 1.60 bits per heavy atom. The number of hydrogen-bond acceptors (Lipinski definition) is 4. The first-order chi connectivity index (χ1) is 16.8. The lowest BCUT2D eigenvalue weighted by Crippen LogP contribution is -2.57. The maximum absolute atomic E-state index is 13.0. The average molecular weight is 477 g/mol. The lowest BCUT2D eigenvalue weighted by atomic mass is 9.71. The molecule has 0 radical (unpaired) electrons. The second-order valence-corrected chi connectivity index (χ2v) is 10.5. The zero-order valence-corrected chi connectivity index (χ0v) is 20.1. The number of fused-ring (bicyclic) bond motifs is 4. The summed E-state index contributed by atoms with van der Waals surface area (Å²) in [6, 6.07) is 15.6. The summed E-state index contributed by atoms with van der Waals surface area (Å²) in [6.45, 7) is 3.95. The molecule has 0 saturated heterocycles. The van der Waals surface area contributed by atoms with Crippen LogP contribution < -0.4 is 10.6 Å². The zero-order valence-electron chi connectivity index (χ0n) is 20.1. The van der Waals surface area contributed by atoms with Crippen molar-refractivity contribution in [2.45, 2.75) is 51.1 Å². The molecule has 3 aliphatic carbocycles. The number of benzene rings is 2. The van der Waals surface area contributed by atoms with Gasteiger partial charge in [0.25, 0.3) is 0 Å². The van der Waals surface area contributed by atoms with Crippen molar-refractivity contribution in [2.75, 3.05) is 6.61 Å². The smallest absolute Gasteiger partial charge is 0.407 e. The minimum atomic E-state index is -0.749. The van der Waals surface area contributed by atoms with E-state index in [1.807, 2.05) is 38.1 Å². The highest BCUT2D eigenvalue weighted by atomic mass is 16.5. The van der Waals surface area contributed by atoms with E-state index in [2.05, 4.69) is 34.9 Å². The molecular weight excluding hydrogens is 444 g/mol. The Kier molecular flexibility index (Phi) is 6.26. The molecule has 2 saturated carbocycles. The van der Waals surface area contributed by atoms with Gasteiger partial charge in [0, 0.05) is 12.0 Å². The first-order valence-electron chi connectivity index (χ1n) is 12.5. The first kappa shape index (κ1) is 23.4. The van der Waals surface area contributed by atoms with E-state index in [9.17, 15) is 19.5 Å². The maximum atomic E-state index is 13.0. The molecule has 3 N–H and O–H groups in total. The zero-order chi connectivity index (χ0) is 24.7. The van der Waals surface area contributed by atoms with E-state index in [-0.39, 0.29) is 42.2 Å². The van der Waals surface area contributed by atoms with Gasteiger partial charge in [-0.1, -0.05) is 62.4 Å². The van der Waals surface area contributed by atoms with Gasteiger partial charge in [-0.3, -0.25) is 9.59 Å². The Bertz CT molecular complexity index is 1100. The van der Waals surface area contributed by atoms with E-state index in [4.69, 9.17) is 4.74 Å². The van der Waals surface area contributed by atoms with Crippen molar-refractivity contribution in [1.82, 2.24) is 10.6 Å². The van der Waals surface area contributed by atoms with Crippen LogP contribution in [0, 0.1) is 23.7 Å². The first-order valence-corrected chi connectivity index (χ1v) is 12.5. The maximum Gasteiger partial charge on any atom is 0.407 e. The Morgan fingerprint density at radius 1 is 0.971 bits per heavy atom. The molecule has 0 aliphatic heterocycles. The third-order valence-corrected chi connectivity index (χ3v) is 8.07. The fourth-order valence-electron chi connectivity index (χ4n) is 6.17. The van der Waals surface area contributed by atoms with Crippen molar-refractivity contribution >= 4 is 18.0 Å². The average Bonchev–Trinajstić information content (AvgIpc) is 3.34. The monoisotopic (exact) mass is 476 g/mol. The normalized spacial score (nSPS) is 25.1. The van der Waals surface area contributed by atoms with Crippen molar-refractivity contribution < 1.29 is 24.2 Å². The van der Waals surface area contributed by atoms with Crippen molar-refractivity contribution in [3.63, 3.8) is 0 Å². The predicted octanol–water partition coefficient (Wildman–Crippen LogP) is 4.17. The topological polar surface area (TPSA) is 105 Å². The fraction of sp³-hybridized carbons (Fsp3) is 0.464. The van der Waals surface area contributed by atoms with E-state index in [0.717, 1.165) is 28.7 Å². The number of carboxylic acids is 1. The van der Waals surface area contributed by atoms with Gasteiger partial charge in [0.2, 0.25) is 5.91 Å². The highest BCUT2D eigenvalue weighted by Crippen LogP contribution is 2.50. The van der Waals surface area contributed by atoms with Crippen molar-refractivity contribution in [3.05, 3.63) is 59.7 Å². The minimum Gasteiger partial charge on any atom is -0.481 e. The number of ether oxygens (including phenoxy) is 1. The molecule has 2 aromatic carbocycles. The van der Waals surface area contributed by atoms with Crippen LogP contribution in [0.5, 0.6) is 0 Å². The molecule has 0 bridgehead atoms. The molecule has 2 fully saturated rings. The molecule has 0 aromatic heterocycles. The van der Waals surface area contributed by atoms with Crippen LogP contribution >= 0.6 is 0 Å². The summed E-state index contributed by atoms with van der Waals surface area (Å²) in [7, 11) is 0. The van der Waals surface area contributed by atoms with Crippen LogP contribution in [0.2, 0.25) is 0 Å². The number of alkyl carbamates (subject to hydrolysis) is 1. The number of carbonyl (C=O) groups excluding carboxylic acids is 2. The van der Waals surface area contributed by atoms with Crippen LogP contribution in [-0.4, -0.2) is 41.8 Å². The van der Waals surface area contributed by atoms with Gasteiger partial charge in [-0.2, -0.15) is 0 Å². The molecule has 5 rings (SSSR count). The van der Waals surface area contributed by atoms with E-state index in [1.165, 1.54) is 0 Å². The number of aliphatic carboxylic acids is 1. The Morgan fingerprint density at radius 3 is 2.20 bits per heavy atom. The van der Waals surface area contributed by atoms with E-state index >= 15 is 0 Å². The molecule has 2 amide bonds. The second-order valence-electron chi connectivity index (χ2n) is 10.5. The van der Waals surface area contributed by atoms with Crippen LogP contribution in [0.15, 0.2) is 48.5 Å². The van der Waals surface area contributed by atoms with Gasteiger partial charge in [0.1, 0.15) is 12.6 Å². The third-order valence-electron chi connectivity index (χ3n) is 8.07. The Hall–Kier alpha value is -3.35. The summed E-state index contributed by atoms with van der Waals surface area (Å²) in [4.78, 5) is 37.1. The Balaban J connectivity index is 1.18. The van der Waals surface area contributed by atoms with Crippen molar-refractivity contribution in [2.24, 2.45) is 23.7 Å².